The first-order chi connectivity index (χ1) is 11.9. The van der Waals surface area contributed by atoms with Crippen molar-refractivity contribution in [1.29, 1.82) is 0 Å². The molecule has 122 valence electrons. The lowest BCUT2D eigenvalue weighted by Crippen LogP contribution is -2.28. The van der Waals surface area contributed by atoms with E-state index in [1.165, 1.54) is 6.33 Å². The fourth-order valence-corrected chi connectivity index (χ4v) is 2.89. The highest BCUT2D eigenvalue weighted by atomic mass is 15.3. The van der Waals surface area contributed by atoms with E-state index in [-0.39, 0.29) is 0 Å². The number of aromatic nitrogens is 4. The number of rotatable bonds is 4. The minimum atomic E-state index is 0.517. The third kappa shape index (κ3) is 2.98. The van der Waals surface area contributed by atoms with Crippen LogP contribution in [0.15, 0.2) is 48.0 Å². The van der Waals surface area contributed by atoms with Crippen LogP contribution in [0.5, 0.6) is 0 Å². The SMILES string of the molecule is C(=N\Nc1ncnc2c1cnn2-c1ccccc1)/C1CCNCC1. The Bertz CT molecular complexity index is 835. The van der Waals surface area contributed by atoms with Crippen LogP contribution in [0, 0.1) is 5.92 Å². The third-order valence-electron chi connectivity index (χ3n) is 4.21. The summed E-state index contributed by atoms with van der Waals surface area (Å²) >= 11 is 0. The van der Waals surface area contributed by atoms with E-state index < -0.39 is 0 Å². The second-order valence-corrected chi connectivity index (χ2v) is 5.83. The number of hydrogen-bond donors (Lipinski definition) is 2. The van der Waals surface area contributed by atoms with Crippen molar-refractivity contribution in [1.82, 2.24) is 25.1 Å². The Morgan fingerprint density at radius 2 is 2.00 bits per heavy atom. The Labute approximate surface area is 139 Å². The summed E-state index contributed by atoms with van der Waals surface area (Å²) < 4.78 is 1.80. The van der Waals surface area contributed by atoms with Crippen molar-refractivity contribution in [2.45, 2.75) is 12.8 Å². The summed E-state index contributed by atoms with van der Waals surface area (Å²) in [4.78, 5) is 8.66. The minimum Gasteiger partial charge on any atom is -0.317 e. The molecular weight excluding hydrogens is 302 g/mol. The quantitative estimate of drug-likeness (QED) is 0.569. The van der Waals surface area contributed by atoms with Crippen LogP contribution in [-0.2, 0) is 0 Å². The van der Waals surface area contributed by atoms with Gasteiger partial charge in [0.25, 0.3) is 0 Å². The summed E-state index contributed by atoms with van der Waals surface area (Å²) in [5.41, 5.74) is 4.77. The molecule has 3 heterocycles. The molecule has 0 atom stereocenters. The molecule has 0 amide bonds. The maximum absolute atomic E-state index is 4.44. The largest absolute Gasteiger partial charge is 0.317 e. The molecule has 0 bridgehead atoms. The number of anilines is 1. The smallest absolute Gasteiger partial charge is 0.168 e. The fourth-order valence-electron chi connectivity index (χ4n) is 2.89. The maximum Gasteiger partial charge on any atom is 0.168 e. The summed E-state index contributed by atoms with van der Waals surface area (Å²) in [5.74, 6) is 1.19. The van der Waals surface area contributed by atoms with Gasteiger partial charge < -0.3 is 5.32 Å². The Balaban J connectivity index is 1.58. The summed E-state index contributed by atoms with van der Waals surface area (Å²) in [7, 11) is 0. The zero-order valence-corrected chi connectivity index (χ0v) is 13.3. The van der Waals surface area contributed by atoms with E-state index in [2.05, 4.69) is 30.9 Å². The highest BCUT2D eigenvalue weighted by Gasteiger charge is 2.12. The number of nitrogens with zero attached hydrogens (tertiary/aromatic N) is 5. The van der Waals surface area contributed by atoms with Crippen LogP contribution in [-0.4, -0.2) is 39.1 Å². The lowest BCUT2D eigenvalue weighted by molar-refractivity contribution is 0.462. The van der Waals surface area contributed by atoms with Crippen LogP contribution >= 0.6 is 0 Å². The Morgan fingerprint density at radius 3 is 2.83 bits per heavy atom. The van der Waals surface area contributed by atoms with Gasteiger partial charge in [0.1, 0.15) is 6.33 Å². The molecule has 0 spiro atoms. The highest BCUT2D eigenvalue weighted by molar-refractivity contribution is 5.87. The van der Waals surface area contributed by atoms with Gasteiger partial charge >= 0.3 is 0 Å². The van der Waals surface area contributed by atoms with E-state index >= 15 is 0 Å². The molecule has 24 heavy (non-hydrogen) atoms. The van der Waals surface area contributed by atoms with Gasteiger partial charge in [-0.1, -0.05) is 18.2 Å². The van der Waals surface area contributed by atoms with E-state index in [0.717, 1.165) is 42.7 Å². The predicted octanol–water partition coefficient (Wildman–Crippen LogP) is 2.21. The van der Waals surface area contributed by atoms with Crippen molar-refractivity contribution in [3.8, 4) is 5.69 Å². The molecule has 1 fully saturated rings. The summed E-state index contributed by atoms with van der Waals surface area (Å²) in [6.07, 6.45) is 7.53. The average Bonchev–Trinajstić information content (AvgIpc) is 3.08. The van der Waals surface area contributed by atoms with Gasteiger partial charge in [0.15, 0.2) is 11.5 Å². The standard InChI is InChI=1S/C17H19N7/c1-2-4-14(5-3-1)24-17-15(11-22-24)16(19-12-20-17)23-21-10-13-6-8-18-9-7-13/h1-5,10-13,18H,6-9H2,(H,19,20,23)/b21-10+. The monoisotopic (exact) mass is 321 g/mol. The predicted molar refractivity (Wildman–Crippen MR) is 94.4 cm³/mol. The molecule has 4 rings (SSSR count). The van der Waals surface area contributed by atoms with Gasteiger partial charge in [-0.2, -0.15) is 10.2 Å². The molecule has 0 saturated carbocycles. The van der Waals surface area contributed by atoms with E-state index in [0.29, 0.717) is 11.7 Å². The maximum atomic E-state index is 4.44. The Kier molecular flexibility index (Phi) is 4.16. The average molecular weight is 321 g/mol. The van der Waals surface area contributed by atoms with E-state index in [9.17, 15) is 0 Å². The van der Waals surface area contributed by atoms with Gasteiger partial charge in [-0.25, -0.2) is 14.6 Å². The Hall–Kier alpha value is -2.80. The molecule has 7 heteroatoms. The Morgan fingerprint density at radius 1 is 1.17 bits per heavy atom. The van der Waals surface area contributed by atoms with Gasteiger partial charge in [0.2, 0.25) is 0 Å². The second-order valence-electron chi connectivity index (χ2n) is 5.83. The first-order valence-electron chi connectivity index (χ1n) is 8.16. The molecule has 1 aliphatic rings. The first kappa shape index (κ1) is 14.8. The second kappa shape index (κ2) is 6.76. The summed E-state index contributed by atoms with van der Waals surface area (Å²) in [6.45, 7) is 2.11. The number of nitrogens with one attached hydrogen (secondary N) is 2. The van der Waals surface area contributed by atoms with Crippen LogP contribution in [0.3, 0.4) is 0 Å². The fraction of sp³-hybridized carbons (Fsp3) is 0.294. The van der Waals surface area contributed by atoms with Crippen LogP contribution < -0.4 is 10.7 Å². The summed E-state index contributed by atoms with van der Waals surface area (Å²) in [6, 6.07) is 9.93. The van der Waals surface area contributed by atoms with Crippen molar-refractivity contribution in [2.24, 2.45) is 11.0 Å². The van der Waals surface area contributed by atoms with Crippen molar-refractivity contribution >= 4 is 23.1 Å². The van der Waals surface area contributed by atoms with Crippen molar-refractivity contribution in [3.05, 3.63) is 42.9 Å². The molecule has 2 N–H and O–H groups in total. The van der Waals surface area contributed by atoms with E-state index in [1.54, 1.807) is 10.9 Å². The minimum absolute atomic E-state index is 0.517. The highest BCUT2D eigenvalue weighted by Crippen LogP contribution is 2.21. The lowest BCUT2D eigenvalue weighted by Gasteiger charge is -2.18. The number of para-hydroxylation sites is 1. The molecule has 1 aliphatic heterocycles. The summed E-state index contributed by atoms with van der Waals surface area (Å²) in [5, 5.41) is 13.0. The van der Waals surface area contributed by atoms with E-state index in [1.807, 2.05) is 36.5 Å². The van der Waals surface area contributed by atoms with Gasteiger partial charge in [0, 0.05) is 6.21 Å². The van der Waals surface area contributed by atoms with Crippen LogP contribution in [0.4, 0.5) is 5.82 Å². The topological polar surface area (TPSA) is 80.0 Å². The van der Waals surface area contributed by atoms with Gasteiger partial charge in [-0.3, -0.25) is 5.43 Å². The zero-order valence-electron chi connectivity index (χ0n) is 13.3. The molecule has 1 saturated heterocycles. The number of hydrazone groups is 1. The van der Waals surface area contributed by atoms with Crippen LogP contribution in [0.2, 0.25) is 0 Å². The molecule has 0 unspecified atom stereocenters. The third-order valence-corrected chi connectivity index (χ3v) is 4.21. The number of fused-ring (bicyclic) bond motifs is 1. The van der Waals surface area contributed by atoms with E-state index in [4.69, 9.17) is 0 Å². The van der Waals surface area contributed by atoms with Gasteiger partial charge in [-0.15, -0.1) is 0 Å². The number of hydrogen-bond acceptors (Lipinski definition) is 6. The lowest BCUT2D eigenvalue weighted by atomic mass is 10.00. The van der Waals surface area contributed by atoms with Gasteiger partial charge in [-0.05, 0) is 44.0 Å². The molecule has 0 radical (unpaired) electrons. The molecule has 3 aromatic rings. The number of piperidine rings is 1. The molecule has 2 aromatic heterocycles. The van der Waals surface area contributed by atoms with Crippen LogP contribution in [0.25, 0.3) is 16.7 Å². The first-order valence-corrected chi connectivity index (χ1v) is 8.16. The van der Waals surface area contributed by atoms with Crippen molar-refractivity contribution in [3.63, 3.8) is 0 Å². The molecule has 1 aromatic carbocycles. The van der Waals surface area contributed by atoms with Crippen molar-refractivity contribution in [2.75, 3.05) is 18.5 Å². The van der Waals surface area contributed by atoms with Gasteiger partial charge in [0.05, 0.1) is 17.3 Å². The zero-order chi connectivity index (χ0) is 16.2. The van der Waals surface area contributed by atoms with Crippen molar-refractivity contribution < 1.29 is 0 Å². The van der Waals surface area contributed by atoms with Crippen LogP contribution in [0.1, 0.15) is 12.8 Å². The molecule has 7 nitrogen and oxygen atoms in total. The normalized spacial score (nSPS) is 16.0. The molecular formula is C17H19N7. The number of benzene rings is 1. The molecule has 0 aliphatic carbocycles.